The lowest BCUT2D eigenvalue weighted by molar-refractivity contribution is 0.101. The van der Waals surface area contributed by atoms with Crippen molar-refractivity contribution in [3.63, 3.8) is 0 Å². The molecule has 0 spiro atoms. The zero-order valence-electron chi connectivity index (χ0n) is 10.8. The van der Waals surface area contributed by atoms with Gasteiger partial charge < -0.3 is 4.98 Å². The second-order valence-electron chi connectivity index (χ2n) is 2.83. The molecule has 0 aliphatic carbocycles. The second kappa shape index (κ2) is 7.69. The maximum Gasteiger partial charge on any atom is 0.175 e. The summed E-state index contributed by atoms with van der Waals surface area (Å²) >= 11 is 0. The summed E-state index contributed by atoms with van der Waals surface area (Å²) in [7, 11) is 0. The van der Waals surface area contributed by atoms with Gasteiger partial charge in [0.15, 0.2) is 5.78 Å². The molecule has 0 fully saturated rings. The summed E-state index contributed by atoms with van der Waals surface area (Å²) < 4.78 is 0. The summed E-state index contributed by atoms with van der Waals surface area (Å²) in [6.07, 6.45) is 0. The summed E-state index contributed by atoms with van der Waals surface area (Å²) in [5, 5.41) is 1.09. The van der Waals surface area contributed by atoms with Gasteiger partial charge in [-0.3, -0.25) is 4.79 Å². The molecule has 1 aromatic heterocycles. The number of aromatic nitrogens is 1. The predicted molar refractivity (Wildman–Crippen MR) is 71.0 cm³/mol. The highest BCUT2D eigenvalue weighted by Crippen LogP contribution is 2.14. The number of rotatable bonds is 1. The molecule has 2 rings (SSSR count). The first-order valence-electron chi connectivity index (χ1n) is 5.86. The van der Waals surface area contributed by atoms with Crippen LogP contribution < -0.4 is 0 Å². The van der Waals surface area contributed by atoms with E-state index in [0.29, 0.717) is 5.69 Å². The van der Waals surface area contributed by atoms with Crippen LogP contribution in [0.3, 0.4) is 0 Å². The number of Topliss-reactive ketones (excluding diaryl/α,β-unsaturated/α-hetero) is 1. The van der Waals surface area contributed by atoms with Crippen LogP contribution in [0.1, 0.15) is 45.1 Å². The van der Waals surface area contributed by atoms with Crippen molar-refractivity contribution in [2.24, 2.45) is 0 Å². The average molecular weight is 219 g/mol. The van der Waals surface area contributed by atoms with Crippen molar-refractivity contribution in [2.75, 3.05) is 0 Å². The van der Waals surface area contributed by atoms with Gasteiger partial charge in [0.05, 0.1) is 5.69 Å². The Morgan fingerprint density at radius 3 is 2.12 bits per heavy atom. The smallest absolute Gasteiger partial charge is 0.175 e. The minimum absolute atomic E-state index is 0.0752. The third kappa shape index (κ3) is 3.54. The van der Waals surface area contributed by atoms with Gasteiger partial charge >= 0.3 is 0 Å². The molecule has 0 atom stereocenters. The summed E-state index contributed by atoms with van der Waals surface area (Å²) in [6, 6.07) is 9.72. The van der Waals surface area contributed by atoms with Gasteiger partial charge in [-0.05, 0) is 12.1 Å². The topological polar surface area (TPSA) is 32.9 Å². The van der Waals surface area contributed by atoms with E-state index in [4.69, 9.17) is 0 Å². The van der Waals surface area contributed by atoms with Gasteiger partial charge in [0.1, 0.15) is 0 Å². The molecular formula is C14H21NO. The van der Waals surface area contributed by atoms with Crippen molar-refractivity contribution >= 4 is 16.7 Å². The van der Waals surface area contributed by atoms with Crippen LogP contribution in [-0.4, -0.2) is 10.8 Å². The van der Waals surface area contributed by atoms with Crippen LogP contribution in [-0.2, 0) is 0 Å². The van der Waals surface area contributed by atoms with E-state index in [1.54, 1.807) is 6.92 Å². The Balaban J connectivity index is 0.000000509. The van der Waals surface area contributed by atoms with E-state index >= 15 is 0 Å². The Kier molecular flexibility index (Phi) is 6.93. The number of hydrogen-bond acceptors (Lipinski definition) is 1. The highest BCUT2D eigenvalue weighted by molar-refractivity contribution is 5.97. The second-order valence-corrected chi connectivity index (χ2v) is 2.83. The largest absolute Gasteiger partial charge is 0.352 e. The molecule has 0 amide bonds. The van der Waals surface area contributed by atoms with Gasteiger partial charge in [-0.2, -0.15) is 0 Å². The Labute approximate surface area is 97.7 Å². The Bertz CT molecular complexity index is 396. The van der Waals surface area contributed by atoms with Gasteiger partial charge in [-0.1, -0.05) is 45.9 Å². The van der Waals surface area contributed by atoms with E-state index in [9.17, 15) is 4.79 Å². The monoisotopic (exact) mass is 219 g/mol. The quantitative estimate of drug-likeness (QED) is 0.707. The molecule has 88 valence electrons. The molecule has 1 N–H and O–H groups in total. The minimum atomic E-state index is 0.0752. The van der Waals surface area contributed by atoms with Crippen LogP contribution in [0.2, 0.25) is 0 Å². The van der Waals surface area contributed by atoms with Gasteiger partial charge in [0.2, 0.25) is 0 Å². The highest BCUT2D eigenvalue weighted by atomic mass is 16.1. The number of carbonyl (C=O) groups is 1. The van der Waals surface area contributed by atoms with Gasteiger partial charge in [0.25, 0.3) is 0 Å². The fourth-order valence-electron chi connectivity index (χ4n) is 1.26. The van der Waals surface area contributed by atoms with E-state index in [2.05, 4.69) is 4.98 Å². The highest BCUT2D eigenvalue weighted by Gasteiger charge is 2.02. The zero-order chi connectivity index (χ0) is 12.6. The average Bonchev–Trinajstić information content (AvgIpc) is 2.78. The lowest BCUT2D eigenvalue weighted by Gasteiger charge is -1.85. The molecule has 0 unspecified atom stereocenters. The van der Waals surface area contributed by atoms with Crippen molar-refractivity contribution in [3.8, 4) is 0 Å². The standard InChI is InChI=1S/C10H9NO.2C2H6/c1-7(12)10-6-8-4-2-3-5-9(8)11-10;2*1-2/h2-6,11H,1H3;2*1-2H3. The third-order valence-electron chi connectivity index (χ3n) is 1.91. The van der Waals surface area contributed by atoms with E-state index in [-0.39, 0.29) is 5.78 Å². The number of carbonyl (C=O) groups excluding carboxylic acids is 1. The Hall–Kier alpha value is -1.57. The number of ketones is 1. The molecule has 2 aromatic rings. The molecule has 2 heteroatoms. The molecule has 0 aliphatic rings. The molecule has 1 heterocycles. The Morgan fingerprint density at radius 1 is 1.06 bits per heavy atom. The first-order chi connectivity index (χ1) is 7.77. The number of nitrogens with one attached hydrogen (secondary N) is 1. The number of hydrogen-bond donors (Lipinski definition) is 1. The molecule has 0 bridgehead atoms. The van der Waals surface area contributed by atoms with Gasteiger partial charge in [0, 0.05) is 17.8 Å². The third-order valence-corrected chi connectivity index (χ3v) is 1.91. The summed E-state index contributed by atoms with van der Waals surface area (Å²) in [5.74, 6) is 0.0752. The van der Waals surface area contributed by atoms with E-state index < -0.39 is 0 Å². The molecule has 0 saturated heterocycles. The number of aromatic amines is 1. The first kappa shape index (κ1) is 14.4. The van der Waals surface area contributed by atoms with Crippen LogP contribution >= 0.6 is 0 Å². The minimum Gasteiger partial charge on any atom is -0.352 e. The number of para-hydroxylation sites is 1. The molecular weight excluding hydrogens is 198 g/mol. The van der Waals surface area contributed by atoms with Crippen LogP contribution in [0.25, 0.3) is 10.9 Å². The maximum absolute atomic E-state index is 11.0. The number of benzene rings is 1. The summed E-state index contributed by atoms with van der Waals surface area (Å²) in [5.41, 5.74) is 1.69. The molecule has 0 saturated carbocycles. The van der Waals surface area contributed by atoms with E-state index in [1.807, 2.05) is 58.0 Å². The fraction of sp³-hybridized carbons (Fsp3) is 0.357. The predicted octanol–water partition coefficient (Wildman–Crippen LogP) is 4.42. The molecule has 2 nitrogen and oxygen atoms in total. The van der Waals surface area contributed by atoms with Crippen LogP contribution in [0.4, 0.5) is 0 Å². The number of H-pyrrole nitrogens is 1. The van der Waals surface area contributed by atoms with Gasteiger partial charge in [-0.15, -0.1) is 0 Å². The maximum atomic E-state index is 11.0. The van der Waals surface area contributed by atoms with Crippen molar-refractivity contribution in [1.29, 1.82) is 0 Å². The SMILES string of the molecule is CC.CC.CC(=O)c1cc2ccccc2[nH]1. The summed E-state index contributed by atoms with van der Waals surface area (Å²) in [4.78, 5) is 14.0. The van der Waals surface area contributed by atoms with Crippen molar-refractivity contribution < 1.29 is 4.79 Å². The molecule has 0 radical (unpaired) electrons. The Morgan fingerprint density at radius 2 is 1.62 bits per heavy atom. The number of fused-ring (bicyclic) bond motifs is 1. The van der Waals surface area contributed by atoms with Crippen LogP contribution in [0.5, 0.6) is 0 Å². The van der Waals surface area contributed by atoms with Crippen molar-refractivity contribution in [1.82, 2.24) is 4.98 Å². The van der Waals surface area contributed by atoms with Crippen molar-refractivity contribution in [3.05, 3.63) is 36.0 Å². The molecule has 0 aliphatic heterocycles. The summed E-state index contributed by atoms with van der Waals surface area (Å²) in [6.45, 7) is 9.56. The van der Waals surface area contributed by atoms with Gasteiger partial charge in [-0.25, -0.2) is 0 Å². The van der Waals surface area contributed by atoms with Crippen LogP contribution in [0, 0.1) is 0 Å². The first-order valence-corrected chi connectivity index (χ1v) is 5.86. The van der Waals surface area contributed by atoms with Crippen molar-refractivity contribution in [2.45, 2.75) is 34.6 Å². The van der Waals surface area contributed by atoms with E-state index in [1.165, 1.54) is 0 Å². The zero-order valence-corrected chi connectivity index (χ0v) is 10.8. The van der Waals surface area contributed by atoms with Crippen LogP contribution in [0.15, 0.2) is 30.3 Å². The fourth-order valence-corrected chi connectivity index (χ4v) is 1.26. The molecule has 16 heavy (non-hydrogen) atoms. The lowest BCUT2D eigenvalue weighted by atomic mass is 10.2. The normalized spacial score (nSPS) is 8.56. The van der Waals surface area contributed by atoms with E-state index in [0.717, 1.165) is 10.9 Å². The lowest BCUT2D eigenvalue weighted by Crippen LogP contribution is -1.89. The molecule has 1 aromatic carbocycles.